The van der Waals surface area contributed by atoms with Gasteiger partial charge in [0.15, 0.2) is 9.84 Å². The van der Waals surface area contributed by atoms with E-state index in [-0.39, 0.29) is 6.04 Å². The maximum Gasteiger partial charge on any atom is 0.238 e. The number of fused-ring (bicyclic) bond motifs is 1. The molecule has 2 unspecified atom stereocenters. The molecule has 1 N–H and O–H groups in total. The van der Waals surface area contributed by atoms with E-state index in [1.54, 1.807) is 6.26 Å². The zero-order valence-corrected chi connectivity index (χ0v) is 11.3. The lowest BCUT2D eigenvalue weighted by atomic mass is 9.93. The first-order valence-corrected chi connectivity index (χ1v) is 7.90. The minimum atomic E-state index is -3.35. The van der Waals surface area contributed by atoms with Crippen LogP contribution in [0.1, 0.15) is 37.1 Å². The molecule has 6 heteroatoms. The Bertz CT molecular complexity index is 546. The van der Waals surface area contributed by atoms with Crippen LogP contribution >= 0.6 is 0 Å². The van der Waals surface area contributed by atoms with Gasteiger partial charge < -0.3 is 9.73 Å². The van der Waals surface area contributed by atoms with Gasteiger partial charge in [-0.05, 0) is 25.8 Å². The van der Waals surface area contributed by atoms with Gasteiger partial charge in [0.05, 0.1) is 12.3 Å². The summed E-state index contributed by atoms with van der Waals surface area (Å²) >= 11 is 0. The van der Waals surface area contributed by atoms with Crippen molar-refractivity contribution in [3.8, 4) is 0 Å². The molecule has 2 rings (SSSR count). The van der Waals surface area contributed by atoms with Crippen molar-refractivity contribution in [2.45, 2.75) is 37.5 Å². The SMILES string of the molecule is CC(C(=O)NC1CCCc2occc21)S(C)(=O)=O. The molecule has 0 aromatic carbocycles. The number of carbonyl (C=O) groups is 1. The van der Waals surface area contributed by atoms with Gasteiger partial charge in [-0.2, -0.15) is 0 Å². The highest BCUT2D eigenvalue weighted by Gasteiger charge is 2.29. The molecule has 18 heavy (non-hydrogen) atoms. The maximum absolute atomic E-state index is 11.9. The van der Waals surface area contributed by atoms with Crippen molar-refractivity contribution in [1.82, 2.24) is 5.32 Å². The average molecular weight is 271 g/mol. The third-order valence-electron chi connectivity index (χ3n) is 3.38. The molecule has 0 spiro atoms. The molecule has 0 bridgehead atoms. The fourth-order valence-corrected chi connectivity index (χ4v) is 2.58. The number of amides is 1. The molecular weight excluding hydrogens is 254 g/mol. The van der Waals surface area contributed by atoms with Gasteiger partial charge in [-0.1, -0.05) is 0 Å². The van der Waals surface area contributed by atoms with Gasteiger partial charge in [-0.25, -0.2) is 8.42 Å². The Morgan fingerprint density at radius 1 is 1.56 bits per heavy atom. The van der Waals surface area contributed by atoms with E-state index in [2.05, 4.69) is 5.32 Å². The number of sulfone groups is 1. The summed E-state index contributed by atoms with van der Waals surface area (Å²) in [5.41, 5.74) is 0.968. The summed E-state index contributed by atoms with van der Waals surface area (Å²) in [6.45, 7) is 1.41. The molecule has 0 saturated heterocycles. The second kappa shape index (κ2) is 4.76. The van der Waals surface area contributed by atoms with Gasteiger partial charge in [-0.3, -0.25) is 4.79 Å². The number of hydrogen-bond acceptors (Lipinski definition) is 4. The summed E-state index contributed by atoms with van der Waals surface area (Å²) in [5.74, 6) is 0.440. The van der Waals surface area contributed by atoms with E-state index in [1.165, 1.54) is 6.92 Å². The van der Waals surface area contributed by atoms with Crippen LogP contribution in [0, 0.1) is 0 Å². The summed E-state index contributed by atoms with van der Waals surface area (Å²) in [6.07, 6.45) is 5.29. The minimum Gasteiger partial charge on any atom is -0.469 e. The zero-order valence-electron chi connectivity index (χ0n) is 10.5. The smallest absolute Gasteiger partial charge is 0.238 e. The summed E-state index contributed by atoms with van der Waals surface area (Å²) in [5, 5.41) is 1.77. The molecule has 1 aliphatic carbocycles. The Morgan fingerprint density at radius 2 is 2.28 bits per heavy atom. The molecule has 0 aliphatic heterocycles. The fourth-order valence-electron chi connectivity index (χ4n) is 2.12. The van der Waals surface area contributed by atoms with Crippen LogP contribution in [0.15, 0.2) is 16.7 Å². The number of carbonyl (C=O) groups excluding carboxylic acids is 1. The highest BCUT2D eigenvalue weighted by Crippen LogP contribution is 2.30. The third kappa shape index (κ3) is 2.58. The number of furan rings is 1. The number of nitrogens with one attached hydrogen (secondary N) is 1. The molecule has 2 atom stereocenters. The summed E-state index contributed by atoms with van der Waals surface area (Å²) in [7, 11) is -3.35. The standard InChI is InChI=1S/C12H17NO4S/c1-8(18(2,15)16)12(14)13-10-4-3-5-11-9(10)6-7-17-11/h6-8,10H,3-5H2,1-2H3,(H,13,14). The first-order chi connectivity index (χ1) is 8.39. The van der Waals surface area contributed by atoms with E-state index in [9.17, 15) is 13.2 Å². The van der Waals surface area contributed by atoms with Crippen LogP contribution < -0.4 is 5.32 Å². The Morgan fingerprint density at radius 3 is 2.94 bits per heavy atom. The highest BCUT2D eigenvalue weighted by atomic mass is 32.2. The normalized spacial score (nSPS) is 21.1. The monoisotopic (exact) mass is 271 g/mol. The van der Waals surface area contributed by atoms with Crippen LogP contribution in [0.2, 0.25) is 0 Å². The predicted molar refractivity (Wildman–Crippen MR) is 66.8 cm³/mol. The minimum absolute atomic E-state index is 0.135. The van der Waals surface area contributed by atoms with Crippen molar-refractivity contribution >= 4 is 15.7 Å². The summed E-state index contributed by atoms with van der Waals surface area (Å²) in [4.78, 5) is 11.9. The molecule has 1 aliphatic rings. The quantitative estimate of drug-likeness (QED) is 0.896. The highest BCUT2D eigenvalue weighted by molar-refractivity contribution is 7.92. The molecule has 5 nitrogen and oxygen atoms in total. The van der Waals surface area contributed by atoms with Gasteiger partial charge in [0.2, 0.25) is 5.91 Å². The van der Waals surface area contributed by atoms with Crippen molar-refractivity contribution in [1.29, 1.82) is 0 Å². The molecular formula is C12H17NO4S. The topological polar surface area (TPSA) is 76.4 Å². The van der Waals surface area contributed by atoms with Crippen molar-refractivity contribution in [2.75, 3.05) is 6.26 Å². The van der Waals surface area contributed by atoms with E-state index < -0.39 is 21.0 Å². The third-order valence-corrected chi connectivity index (χ3v) is 4.88. The van der Waals surface area contributed by atoms with Crippen molar-refractivity contribution in [3.63, 3.8) is 0 Å². The van der Waals surface area contributed by atoms with E-state index >= 15 is 0 Å². The number of aryl methyl sites for hydroxylation is 1. The molecule has 1 amide bonds. The average Bonchev–Trinajstić information content (AvgIpc) is 2.75. The maximum atomic E-state index is 11.9. The number of rotatable bonds is 3. The Hall–Kier alpha value is -1.30. The second-order valence-corrected chi connectivity index (χ2v) is 7.09. The second-order valence-electron chi connectivity index (χ2n) is 4.72. The lowest BCUT2D eigenvalue weighted by Gasteiger charge is -2.24. The molecule has 0 saturated carbocycles. The summed E-state index contributed by atoms with van der Waals surface area (Å²) < 4.78 is 28.0. The number of hydrogen-bond donors (Lipinski definition) is 1. The Balaban J connectivity index is 2.11. The van der Waals surface area contributed by atoms with Crippen molar-refractivity contribution in [2.24, 2.45) is 0 Å². The first-order valence-electron chi connectivity index (χ1n) is 5.95. The molecule has 1 aromatic heterocycles. The zero-order chi connectivity index (χ0) is 13.3. The van der Waals surface area contributed by atoms with E-state index in [1.807, 2.05) is 6.07 Å². The van der Waals surface area contributed by atoms with Gasteiger partial charge in [0.25, 0.3) is 0 Å². The van der Waals surface area contributed by atoms with Crippen LogP contribution in [-0.4, -0.2) is 25.8 Å². The van der Waals surface area contributed by atoms with Crippen LogP contribution in [0.5, 0.6) is 0 Å². The van der Waals surface area contributed by atoms with Gasteiger partial charge >= 0.3 is 0 Å². The van der Waals surface area contributed by atoms with Crippen LogP contribution in [0.3, 0.4) is 0 Å². The lowest BCUT2D eigenvalue weighted by molar-refractivity contribution is -0.121. The van der Waals surface area contributed by atoms with Crippen molar-refractivity contribution in [3.05, 3.63) is 23.7 Å². The van der Waals surface area contributed by atoms with Gasteiger partial charge in [-0.15, -0.1) is 0 Å². The predicted octanol–water partition coefficient (Wildman–Crippen LogP) is 1.21. The summed E-state index contributed by atoms with van der Waals surface area (Å²) in [6, 6.07) is 1.70. The van der Waals surface area contributed by atoms with Gasteiger partial charge in [0.1, 0.15) is 11.0 Å². The van der Waals surface area contributed by atoms with E-state index in [0.29, 0.717) is 0 Å². The molecule has 0 fully saturated rings. The fraction of sp³-hybridized carbons (Fsp3) is 0.583. The van der Waals surface area contributed by atoms with Crippen LogP contribution in [0.25, 0.3) is 0 Å². The lowest BCUT2D eigenvalue weighted by Crippen LogP contribution is -2.40. The van der Waals surface area contributed by atoms with E-state index in [4.69, 9.17) is 4.42 Å². The van der Waals surface area contributed by atoms with Crippen molar-refractivity contribution < 1.29 is 17.6 Å². The van der Waals surface area contributed by atoms with E-state index in [0.717, 1.165) is 36.8 Å². The molecule has 1 aromatic rings. The largest absolute Gasteiger partial charge is 0.469 e. The molecule has 100 valence electrons. The first kappa shape index (κ1) is 13.1. The van der Waals surface area contributed by atoms with Crippen LogP contribution in [0.4, 0.5) is 0 Å². The van der Waals surface area contributed by atoms with Crippen LogP contribution in [-0.2, 0) is 21.1 Å². The molecule has 1 heterocycles. The van der Waals surface area contributed by atoms with Gasteiger partial charge in [0, 0.05) is 18.2 Å². The Labute approximate surface area is 106 Å². The Kier molecular flexibility index (Phi) is 3.47. The molecule has 0 radical (unpaired) electrons.